The van der Waals surface area contributed by atoms with Gasteiger partial charge in [-0.25, -0.2) is 0 Å². The predicted molar refractivity (Wildman–Crippen MR) is 145 cm³/mol. The van der Waals surface area contributed by atoms with Crippen LogP contribution in [0.4, 0.5) is 27.6 Å². The van der Waals surface area contributed by atoms with Crippen molar-refractivity contribution < 1.29 is 36.6 Å². The summed E-state index contributed by atoms with van der Waals surface area (Å²) in [5, 5.41) is 14.2. The summed E-state index contributed by atoms with van der Waals surface area (Å²) in [6.45, 7) is 1.39. The van der Waals surface area contributed by atoms with Crippen LogP contribution in [0.1, 0.15) is 73.7 Å². The number of carbonyl (C=O) groups is 2. The summed E-state index contributed by atoms with van der Waals surface area (Å²) in [4.78, 5) is 29.0. The highest BCUT2D eigenvalue weighted by atomic mass is 19.4. The monoisotopic (exact) mass is 586 g/mol. The van der Waals surface area contributed by atoms with Gasteiger partial charge < -0.3 is 10.4 Å². The van der Waals surface area contributed by atoms with E-state index >= 15 is 8.78 Å². The summed E-state index contributed by atoms with van der Waals surface area (Å²) in [5.74, 6) is -7.07. The first-order valence-corrected chi connectivity index (χ1v) is 14.2. The molecule has 0 aliphatic heterocycles. The number of pyridine rings is 1. The molecule has 2 fully saturated rings. The lowest BCUT2D eigenvalue weighted by Crippen LogP contribution is -2.65. The third-order valence-corrected chi connectivity index (χ3v) is 10.3. The maximum absolute atomic E-state index is 15.1. The highest BCUT2D eigenvalue weighted by Gasteiger charge is 2.79. The molecular formula is C32H31F5N2O3. The Morgan fingerprint density at radius 3 is 2.36 bits per heavy atom. The minimum atomic E-state index is -5.90. The maximum Gasteiger partial charge on any atom is 0.456 e. The molecule has 1 heterocycles. The van der Waals surface area contributed by atoms with Gasteiger partial charge in [0.1, 0.15) is 5.60 Å². The fraction of sp³-hybridized carbons (Fsp3) is 0.469. The van der Waals surface area contributed by atoms with Gasteiger partial charge in [-0.1, -0.05) is 24.6 Å². The standard InChI is InChI=1S/C32H31F5N2O3/c1-29-17-25(18-2-4-19(5-3-18)28(41)39-21-11-14-38-15-12-21)27-23-9-7-22(40)16-20(23)6-8-24(27)26(29)10-13-30(29,42)31(33,34)32(35,36)37/h2-5,11-12,14-16,24-26,42H,6-10,13,17H2,1H3,(H,38,39,41)/t24?,25-,26+,29?,30+/m1/s1. The van der Waals surface area contributed by atoms with Gasteiger partial charge in [0.15, 0.2) is 5.78 Å². The van der Waals surface area contributed by atoms with Gasteiger partial charge in [0.25, 0.3) is 5.91 Å². The average molecular weight is 587 g/mol. The van der Waals surface area contributed by atoms with E-state index in [1.807, 2.05) is 0 Å². The highest BCUT2D eigenvalue weighted by Crippen LogP contribution is 2.70. The summed E-state index contributed by atoms with van der Waals surface area (Å²) in [5.41, 5.74) is -0.530. The molecule has 5 nitrogen and oxygen atoms in total. The molecular weight excluding hydrogens is 555 g/mol. The molecule has 0 radical (unpaired) electrons. The molecule has 2 aromatic rings. The largest absolute Gasteiger partial charge is 0.456 e. The Morgan fingerprint density at radius 1 is 1.00 bits per heavy atom. The second-order valence-corrected chi connectivity index (χ2v) is 12.3. The van der Waals surface area contributed by atoms with Crippen LogP contribution in [0.3, 0.4) is 0 Å². The maximum atomic E-state index is 15.1. The summed E-state index contributed by atoms with van der Waals surface area (Å²) >= 11 is 0. The average Bonchev–Trinajstić information content (AvgIpc) is 3.23. The molecule has 2 N–H and O–H groups in total. The number of ketones is 1. The molecule has 6 rings (SSSR count). The van der Waals surface area contributed by atoms with Gasteiger partial charge in [-0.2, -0.15) is 22.0 Å². The van der Waals surface area contributed by atoms with Crippen molar-refractivity contribution in [3.05, 3.63) is 82.7 Å². The van der Waals surface area contributed by atoms with E-state index in [2.05, 4.69) is 10.3 Å². The molecule has 4 aliphatic rings. The summed E-state index contributed by atoms with van der Waals surface area (Å²) < 4.78 is 71.5. The SMILES string of the molecule is CC12C[C@H](c3ccc(C(=O)Nc4ccncc4)cc3)C3=C4CCC(=O)C=C4CCC3[C@@H]1CC[C@@]2(O)C(F)(F)C(F)(F)F. The number of fused-ring (bicyclic) bond motifs is 4. The number of alkyl halides is 5. The van der Waals surface area contributed by atoms with Crippen LogP contribution < -0.4 is 5.32 Å². The van der Waals surface area contributed by atoms with Crippen molar-refractivity contribution in [1.82, 2.24) is 4.98 Å². The number of nitrogens with zero attached hydrogens (tertiary/aromatic N) is 1. The number of aromatic nitrogens is 1. The molecule has 2 saturated carbocycles. The van der Waals surface area contributed by atoms with Crippen molar-refractivity contribution in [1.29, 1.82) is 0 Å². The molecule has 0 spiro atoms. The number of hydrogen-bond donors (Lipinski definition) is 2. The van der Waals surface area contributed by atoms with Crippen LogP contribution in [-0.2, 0) is 4.79 Å². The van der Waals surface area contributed by atoms with Crippen molar-refractivity contribution in [2.75, 3.05) is 5.32 Å². The number of anilines is 1. The second kappa shape index (κ2) is 9.82. The molecule has 0 saturated heterocycles. The lowest BCUT2D eigenvalue weighted by Gasteiger charge is -2.56. The lowest BCUT2D eigenvalue weighted by atomic mass is 9.50. The van der Waals surface area contributed by atoms with E-state index in [1.165, 1.54) is 6.92 Å². The van der Waals surface area contributed by atoms with Gasteiger partial charge in [-0.15, -0.1) is 0 Å². The second-order valence-electron chi connectivity index (χ2n) is 12.3. The van der Waals surface area contributed by atoms with Crippen LogP contribution in [0, 0.1) is 17.3 Å². The molecule has 1 amide bonds. The minimum absolute atomic E-state index is 0.0228. The quantitative estimate of drug-likeness (QED) is 0.373. The van der Waals surface area contributed by atoms with Crippen molar-refractivity contribution >= 4 is 17.4 Å². The Labute approximate surface area is 239 Å². The number of hydrogen-bond acceptors (Lipinski definition) is 4. The number of amides is 1. The van der Waals surface area contributed by atoms with Crippen LogP contribution in [0.2, 0.25) is 0 Å². The number of benzene rings is 1. The Kier molecular flexibility index (Phi) is 6.72. The van der Waals surface area contributed by atoms with E-state index in [0.717, 1.165) is 16.7 Å². The van der Waals surface area contributed by atoms with Gasteiger partial charge in [-0.05, 0) is 97.4 Å². The minimum Gasteiger partial charge on any atom is -0.383 e. The van der Waals surface area contributed by atoms with Gasteiger partial charge in [-0.3, -0.25) is 14.6 Å². The third-order valence-electron chi connectivity index (χ3n) is 10.3. The predicted octanol–water partition coefficient (Wildman–Crippen LogP) is 7.16. The molecule has 4 aliphatic carbocycles. The van der Waals surface area contributed by atoms with Gasteiger partial charge in [0.2, 0.25) is 0 Å². The lowest BCUT2D eigenvalue weighted by molar-refractivity contribution is -0.362. The van der Waals surface area contributed by atoms with Crippen molar-refractivity contribution in [2.24, 2.45) is 17.3 Å². The molecule has 2 unspecified atom stereocenters. The Morgan fingerprint density at radius 2 is 1.69 bits per heavy atom. The number of rotatable bonds is 4. The summed E-state index contributed by atoms with van der Waals surface area (Å²) in [7, 11) is 0. The Bertz CT molecular complexity index is 1480. The molecule has 5 atom stereocenters. The van der Waals surface area contributed by atoms with Gasteiger partial charge in [0.05, 0.1) is 0 Å². The molecule has 222 valence electrons. The number of nitrogens with one attached hydrogen (secondary N) is 1. The van der Waals surface area contributed by atoms with Crippen molar-refractivity contribution in [2.45, 2.75) is 75.5 Å². The fourth-order valence-corrected chi connectivity index (χ4v) is 8.22. The highest BCUT2D eigenvalue weighted by molar-refractivity contribution is 6.04. The fourth-order valence-electron chi connectivity index (χ4n) is 8.22. The van der Waals surface area contributed by atoms with Gasteiger partial charge in [0, 0.05) is 41.4 Å². The zero-order valence-electron chi connectivity index (χ0n) is 23.0. The molecule has 1 aromatic heterocycles. The van der Waals surface area contributed by atoms with E-state index in [-0.39, 0.29) is 30.4 Å². The van der Waals surface area contributed by atoms with Gasteiger partial charge >= 0.3 is 12.1 Å². The first-order chi connectivity index (χ1) is 19.8. The molecule has 10 heteroatoms. The Hall–Kier alpha value is -3.40. The van der Waals surface area contributed by atoms with Crippen LogP contribution in [0.15, 0.2) is 71.6 Å². The van der Waals surface area contributed by atoms with E-state index in [0.29, 0.717) is 42.5 Å². The number of aliphatic hydroxyl groups is 1. The zero-order valence-corrected chi connectivity index (χ0v) is 23.0. The Balaban J connectivity index is 1.42. The summed E-state index contributed by atoms with van der Waals surface area (Å²) in [6, 6.07) is 9.92. The first-order valence-electron chi connectivity index (χ1n) is 14.2. The number of carbonyl (C=O) groups excluding carboxylic acids is 2. The van der Waals surface area contributed by atoms with E-state index in [9.17, 15) is 27.9 Å². The number of halogens is 5. The topological polar surface area (TPSA) is 79.3 Å². The van der Waals surface area contributed by atoms with Crippen LogP contribution in [0.5, 0.6) is 0 Å². The van der Waals surface area contributed by atoms with E-state index in [4.69, 9.17) is 0 Å². The summed E-state index contributed by atoms with van der Waals surface area (Å²) in [6.07, 6.45) is -0.0323. The van der Waals surface area contributed by atoms with Crippen LogP contribution in [0.25, 0.3) is 0 Å². The van der Waals surface area contributed by atoms with E-state index in [1.54, 1.807) is 54.9 Å². The van der Waals surface area contributed by atoms with Crippen LogP contribution in [-0.4, -0.2) is 39.5 Å². The normalized spacial score (nSPS) is 31.2. The molecule has 0 bridgehead atoms. The first kappa shape index (κ1) is 28.7. The zero-order chi connectivity index (χ0) is 30.1. The van der Waals surface area contributed by atoms with E-state index < -0.39 is 41.4 Å². The van der Waals surface area contributed by atoms with Crippen molar-refractivity contribution in [3.63, 3.8) is 0 Å². The molecule has 42 heavy (non-hydrogen) atoms. The van der Waals surface area contributed by atoms with Crippen LogP contribution >= 0.6 is 0 Å². The van der Waals surface area contributed by atoms with Crippen molar-refractivity contribution in [3.8, 4) is 0 Å². The smallest absolute Gasteiger partial charge is 0.383 e. The third kappa shape index (κ3) is 4.24. The number of allylic oxidation sites excluding steroid dienone is 4. The molecule has 1 aromatic carbocycles.